The number of carboxylic acid groups (broad SMARTS) is 1. The maximum atomic E-state index is 12.4. The van der Waals surface area contributed by atoms with Crippen molar-refractivity contribution < 1.29 is 14.7 Å². The number of rotatable bonds is 4. The van der Waals surface area contributed by atoms with E-state index in [2.05, 4.69) is 5.32 Å². The fraction of sp³-hybridized carbons (Fsp3) is 0.467. The molecule has 6 heteroatoms. The third kappa shape index (κ3) is 3.47. The van der Waals surface area contributed by atoms with E-state index in [1.54, 1.807) is 17.0 Å². The zero-order valence-corrected chi connectivity index (χ0v) is 12.7. The van der Waals surface area contributed by atoms with E-state index in [0.29, 0.717) is 6.54 Å². The second-order valence-electron chi connectivity index (χ2n) is 5.12. The zero-order valence-electron chi connectivity index (χ0n) is 11.9. The summed E-state index contributed by atoms with van der Waals surface area (Å²) in [5, 5.41) is 12.0. The van der Waals surface area contributed by atoms with E-state index < -0.39 is 5.97 Å². The Bertz CT molecular complexity index is 542. The number of urea groups is 1. The molecule has 1 aromatic carbocycles. The average Bonchev–Trinajstić information content (AvgIpc) is 2.93. The van der Waals surface area contributed by atoms with Gasteiger partial charge in [-0.15, -0.1) is 0 Å². The molecule has 0 aliphatic heterocycles. The van der Waals surface area contributed by atoms with Crippen molar-refractivity contribution in [2.24, 2.45) is 0 Å². The molecule has 0 heterocycles. The lowest BCUT2D eigenvalue weighted by molar-refractivity contribution is 0.0698. The maximum absolute atomic E-state index is 12.4. The number of halogens is 1. The zero-order chi connectivity index (χ0) is 15.4. The molecule has 1 aliphatic rings. The van der Waals surface area contributed by atoms with Gasteiger partial charge in [-0.05, 0) is 31.9 Å². The molecule has 5 nitrogen and oxygen atoms in total. The minimum Gasteiger partial charge on any atom is -0.478 e. The van der Waals surface area contributed by atoms with Gasteiger partial charge in [0.25, 0.3) is 0 Å². The van der Waals surface area contributed by atoms with Crippen LogP contribution in [0.4, 0.5) is 10.5 Å². The van der Waals surface area contributed by atoms with Crippen molar-refractivity contribution in [3.8, 4) is 0 Å². The van der Waals surface area contributed by atoms with Crippen LogP contribution in [-0.4, -0.2) is 34.6 Å². The molecule has 21 heavy (non-hydrogen) atoms. The third-order valence-electron chi connectivity index (χ3n) is 3.84. The first-order chi connectivity index (χ1) is 10.0. The minimum atomic E-state index is -1.15. The van der Waals surface area contributed by atoms with E-state index in [1.165, 1.54) is 6.07 Å². The number of nitrogens with zero attached hydrogens (tertiary/aromatic N) is 1. The number of carboxylic acids is 1. The topological polar surface area (TPSA) is 69.6 Å². The monoisotopic (exact) mass is 310 g/mol. The van der Waals surface area contributed by atoms with Gasteiger partial charge in [0.15, 0.2) is 0 Å². The van der Waals surface area contributed by atoms with Crippen molar-refractivity contribution in [2.75, 3.05) is 11.9 Å². The fourth-order valence-corrected chi connectivity index (χ4v) is 3.07. The van der Waals surface area contributed by atoms with Crippen LogP contribution >= 0.6 is 11.6 Å². The molecule has 1 saturated carbocycles. The van der Waals surface area contributed by atoms with Gasteiger partial charge < -0.3 is 15.3 Å². The van der Waals surface area contributed by atoms with Gasteiger partial charge in [-0.3, -0.25) is 0 Å². The van der Waals surface area contributed by atoms with Gasteiger partial charge in [0, 0.05) is 12.6 Å². The Morgan fingerprint density at radius 1 is 1.38 bits per heavy atom. The molecule has 2 rings (SSSR count). The molecule has 0 bridgehead atoms. The molecular weight excluding hydrogens is 292 g/mol. The summed E-state index contributed by atoms with van der Waals surface area (Å²) < 4.78 is 0. The van der Waals surface area contributed by atoms with Gasteiger partial charge in [0.2, 0.25) is 0 Å². The van der Waals surface area contributed by atoms with Gasteiger partial charge in [-0.1, -0.05) is 30.5 Å². The Balaban J connectivity index is 2.18. The van der Waals surface area contributed by atoms with E-state index in [9.17, 15) is 14.7 Å². The molecule has 0 radical (unpaired) electrons. The number of benzene rings is 1. The number of nitrogens with one attached hydrogen (secondary N) is 1. The van der Waals surface area contributed by atoms with E-state index in [0.717, 1.165) is 25.7 Å². The Kier molecular flexibility index (Phi) is 5.07. The standard InChI is InChI=1S/C15H19ClN2O3/c1-2-18(10-6-3-4-7-10)15(21)17-12-9-5-8-11(16)13(12)14(19)20/h5,8-10H,2-4,6-7H2,1H3,(H,17,21)(H,19,20). The van der Waals surface area contributed by atoms with Crippen LogP contribution in [0, 0.1) is 0 Å². The number of hydrogen-bond donors (Lipinski definition) is 2. The molecule has 114 valence electrons. The van der Waals surface area contributed by atoms with Crippen LogP contribution in [0.15, 0.2) is 18.2 Å². The Morgan fingerprint density at radius 2 is 2.05 bits per heavy atom. The lowest BCUT2D eigenvalue weighted by Crippen LogP contribution is -2.41. The van der Waals surface area contributed by atoms with E-state index in [-0.39, 0.29) is 28.3 Å². The van der Waals surface area contributed by atoms with E-state index in [1.807, 2.05) is 6.92 Å². The van der Waals surface area contributed by atoms with Crippen molar-refractivity contribution in [1.29, 1.82) is 0 Å². The summed E-state index contributed by atoms with van der Waals surface area (Å²) in [7, 11) is 0. The first kappa shape index (κ1) is 15.6. The number of hydrogen-bond acceptors (Lipinski definition) is 2. The molecule has 1 aromatic rings. The smallest absolute Gasteiger partial charge is 0.339 e. The van der Waals surface area contributed by atoms with Crippen molar-refractivity contribution in [1.82, 2.24) is 4.90 Å². The fourth-order valence-electron chi connectivity index (χ4n) is 2.82. The second-order valence-corrected chi connectivity index (χ2v) is 5.53. The average molecular weight is 311 g/mol. The van der Waals surface area contributed by atoms with Crippen molar-refractivity contribution in [3.63, 3.8) is 0 Å². The maximum Gasteiger partial charge on any atom is 0.339 e. The molecule has 0 aromatic heterocycles. The van der Waals surface area contributed by atoms with Gasteiger partial charge in [-0.2, -0.15) is 0 Å². The minimum absolute atomic E-state index is 0.0741. The largest absolute Gasteiger partial charge is 0.478 e. The molecular formula is C15H19ClN2O3. The molecule has 1 fully saturated rings. The van der Waals surface area contributed by atoms with Crippen molar-refractivity contribution in [3.05, 3.63) is 28.8 Å². The first-order valence-corrected chi connectivity index (χ1v) is 7.51. The van der Waals surface area contributed by atoms with Crippen LogP contribution in [-0.2, 0) is 0 Å². The lowest BCUT2D eigenvalue weighted by Gasteiger charge is -2.28. The Morgan fingerprint density at radius 3 is 2.62 bits per heavy atom. The SMILES string of the molecule is CCN(C(=O)Nc1cccc(Cl)c1C(=O)O)C1CCCC1. The van der Waals surface area contributed by atoms with Gasteiger partial charge in [-0.25, -0.2) is 9.59 Å². The van der Waals surface area contributed by atoms with Crippen LogP contribution in [0.25, 0.3) is 0 Å². The number of aromatic carboxylic acids is 1. The van der Waals surface area contributed by atoms with Crippen LogP contribution in [0.3, 0.4) is 0 Å². The first-order valence-electron chi connectivity index (χ1n) is 7.14. The summed E-state index contributed by atoms with van der Waals surface area (Å²) in [6.07, 6.45) is 4.27. The van der Waals surface area contributed by atoms with Crippen LogP contribution in [0.1, 0.15) is 43.0 Å². The van der Waals surface area contributed by atoms with Gasteiger partial charge in [0.05, 0.1) is 10.7 Å². The van der Waals surface area contributed by atoms with Crippen molar-refractivity contribution in [2.45, 2.75) is 38.6 Å². The summed E-state index contributed by atoms with van der Waals surface area (Å²) in [5.41, 5.74) is 0.159. The normalized spacial score (nSPS) is 15.0. The highest BCUT2D eigenvalue weighted by Gasteiger charge is 2.26. The quantitative estimate of drug-likeness (QED) is 0.887. The Hall–Kier alpha value is -1.75. The number of amides is 2. The highest BCUT2D eigenvalue weighted by Crippen LogP contribution is 2.27. The summed E-state index contributed by atoms with van der Waals surface area (Å²) >= 11 is 5.90. The van der Waals surface area contributed by atoms with E-state index >= 15 is 0 Å². The number of anilines is 1. The van der Waals surface area contributed by atoms with Crippen LogP contribution < -0.4 is 5.32 Å². The summed E-state index contributed by atoms with van der Waals surface area (Å²) in [5.74, 6) is -1.15. The molecule has 1 aliphatic carbocycles. The number of carbonyl (C=O) groups is 2. The second kappa shape index (κ2) is 6.80. The molecule has 2 amide bonds. The summed E-state index contributed by atoms with van der Waals surface area (Å²) in [6.45, 7) is 2.52. The molecule has 0 saturated heterocycles. The Labute approximate surface area is 128 Å². The highest BCUT2D eigenvalue weighted by molar-refractivity contribution is 6.34. The predicted octanol–water partition coefficient (Wildman–Crippen LogP) is 3.83. The molecule has 0 unspecified atom stereocenters. The van der Waals surface area contributed by atoms with Gasteiger partial charge >= 0.3 is 12.0 Å². The number of carbonyl (C=O) groups excluding carboxylic acids is 1. The lowest BCUT2D eigenvalue weighted by atomic mass is 10.1. The molecule has 2 N–H and O–H groups in total. The van der Waals surface area contributed by atoms with E-state index in [4.69, 9.17) is 11.6 Å². The predicted molar refractivity (Wildman–Crippen MR) is 82.1 cm³/mol. The molecule has 0 spiro atoms. The van der Waals surface area contributed by atoms with Gasteiger partial charge in [0.1, 0.15) is 5.56 Å². The highest BCUT2D eigenvalue weighted by atomic mass is 35.5. The molecule has 0 atom stereocenters. The summed E-state index contributed by atoms with van der Waals surface area (Å²) in [4.78, 5) is 25.4. The van der Waals surface area contributed by atoms with Crippen molar-refractivity contribution >= 4 is 29.3 Å². The summed E-state index contributed by atoms with van der Waals surface area (Å²) in [6, 6.07) is 4.64. The van der Waals surface area contributed by atoms with Crippen LogP contribution in [0.5, 0.6) is 0 Å². The third-order valence-corrected chi connectivity index (χ3v) is 4.15. The van der Waals surface area contributed by atoms with Crippen LogP contribution in [0.2, 0.25) is 5.02 Å².